The molecule has 0 saturated carbocycles. The van der Waals surface area contributed by atoms with Crippen LogP contribution < -0.4 is 5.32 Å². The molecule has 1 fully saturated rings. The number of nitrogens with zero attached hydrogens (tertiary/aromatic N) is 3. The number of rotatable bonds is 5. The minimum absolute atomic E-state index is 0.123. The highest BCUT2D eigenvalue weighted by Crippen LogP contribution is 2.20. The Morgan fingerprint density at radius 1 is 1.25 bits per heavy atom. The largest absolute Gasteiger partial charge is 0.377 e. The van der Waals surface area contributed by atoms with Gasteiger partial charge in [-0.25, -0.2) is 0 Å². The van der Waals surface area contributed by atoms with Crippen molar-refractivity contribution in [3.63, 3.8) is 0 Å². The summed E-state index contributed by atoms with van der Waals surface area (Å²) in [6.45, 7) is 9.30. The second-order valence-electron chi connectivity index (χ2n) is 6.65. The molecule has 0 aliphatic carbocycles. The zero-order valence-electron chi connectivity index (χ0n) is 14.6. The van der Waals surface area contributed by atoms with Gasteiger partial charge >= 0.3 is 0 Å². The average molecular weight is 326 g/mol. The summed E-state index contributed by atoms with van der Waals surface area (Å²) in [4.78, 5) is 11.0. The Balaban J connectivity index is 1.64. The van der Waals surface area contributed by atoms with Gasteiger partial charge in [-0.2, -0.15) is 0 Å². The van der Waals surface area contributed by atoms with Crippen LogP contribution in [0.4, 0.5) is 5.69 Å². The smallest absolute Gasteiger partial charge is 0.0806 e. The van der Waals surface area contributed by atoms with E-state index < -0.39 is 0 Å². The van der Waals surface area contributed by atoms with Gasteiger partial charge in [-0.3, -0.25) is 14.9 Å². The average Bonchev–Trinajstić information content (AvgIpc) is 2.55. The van der Waals surface area contributed by atoms with E-state index in [-0.39, 0.29) is 6.04 Å². The van der Waals surface area contributed by atoms with E-state index in [1.54, 1.807) is 18.6 Å². The molecule has 2 aromatic rings. The molecule has 1 aliphatic heterocycles. The van der Waals surface area contributed by atoms with Gasteiger partial charge in [0, 0.05) is 37.7 Å². The van der Waals surface area contributed by atoms with E-state index in [2.05, 4.69) is 65.2 Å². The topological polar surface area (TPSA) is 50.3 Å². The van der Waals surface area contributed by atoms with E-state index in [0.29, 0.717) is 12.2 Å². The Kier molecular flexibility index (Phi) is 5.43. The van der Waals surface area contributed by atoms with Crippen LogP contribution in [0.2, 0.25) is 0 Å². The van der Waals surface area contributed by atoms with Gasteiger partial charge in [-0.1, -0.05) is 12.1 Å². The van der Waals surface area contributed by atoms with Crippen molar-refractivity contribution in [2.75, 3.05) is 18.4 Å². The zero-order chi connectivity index (χ0) is 16.9. The first-order chi connectivity index (χ1) is 11.6. The molecule has 128 valence electrons. The van der Waals surface area contributed by atoms with Gasteiger partial charge in [0.05, 0.1) is 30.1 Å². The molecule has 3 atom stereocenters. The van der Waals surface area contributed by atoms with E-state index in [0.717, 1.165) is 31.0 Å². The van der Waals surface area contributed by atoms with E-state index in [9.17, 15) is 0 Å². The van der Waals surface area contributed by atoms with Crippen molar-refractivity contribution in [3.8, 4) is 0 Å². The summed E-state index contributed by atoms with van der Waals surface area (Å²) < 4.78 is 5.81. The Morgan fingerprint density at radius 2 is 2.04 bits per heavy atom. The number of anilines is 1. The molecule has 0 spiro atoms. The normalized spacial score (nSPS) is 23.0. The monoisotopic (exact) mass is 326 g/mol. The molecular weight excluding hydrogens is 300 g/mol. The third-order valence-electron chi connectivity index (χ3n) is 4.24. The van der Waals surface area contributed by atoms with Gasteiger partial charge in [0.2, 0.25) is 0 Å². The van der Waals surface area contributed by atoms with E-state index in [1.807, 2.05) is 0 Å². The highest BCUT2D eigenvalue weighted by atomic mass is 16.5. The summed E-state index contributed by atoms with van der Waals surface area (Å²) in [5.74, 6) is 0. The second-order valence-corrected chi connectivity index (χ2v) is 6.65. The van der Waals surface area contributed by atoms with Crippen LogP contribution >= 0.6 is 0 Å². The summed E-state index contributed by atoms with van der Waals surface area (Å²) in [6.07, 6.45) is 5.82. The van der Waals surface area contributed by atoms with E-state index in [1.165, 1.54) is 5.56 Å². The van der Waals surface area contributed by atoms with Crippen LogP contribution in [0.15, 0.2) is 42.9 Å². The lowest BCUT2D eigenvalue weighted by molar-refractivity contribution is -0.0704. The molecule has 5 nitrogen and oxygen atoms in total. The number of nitrogens with one attached hydrogen (secondary N) is 1. The summed E-state index contributed by atoms with van der Waals surface area (Å²) in [6, 6.07) is 8.73. The molecule has 24 heavy (non-hydrogen) atoms. The predicted molar refractivity (Wildman–Crippen MR) is 95.8 cm³/mol. The van der Waals surface area contributed by atoms with Crippen molar-refractivity contribution < 1.29 is 4.74 Å². The lowest BCUT2D eigenvalue weighted by atomic mass is 10.1. The van der Waals surface area contributed by atoms with Crippen molar-refractivity contribution >= 4 is 5.69 Å². The molecular formula is C19H26N4O. The van der Waals surface area contributed by atoms with Crippen LogP contribution in [0.5, 0.6) is 0 Å². The molecule has 1 saturated heterocycles. The highest BCUT2D eigenvalue weighted by molar-refractivity contribution is 5.47. The van der Waals surface area contributed by atoms with Gasteiger partial charge in [0.1, 0.15) is 0 Å². The SMILES string of the molecule is C[C@@H]1CN(Cc2cccc(N[C@H](C)c3cnccn3)c2)C[C@H](C)O1. The third-order valence-corrected chi connectivity index (χ3v) is 4.24. The van der Waals surface area contributed by atoms with Crippen LogP contribution in [0.25, 0.3) is 0 Å². The fourth-order valence-corrected chi connectivity index (χ4v) is 3.29. The van der Waals surface area contributed by atoms with Crippen LogP contribution in [-0.2, 0) is 11.3 Å². The minimum Gasteiger partial charge on any atom is -0.377 e. The van der Waals surface area contributed by atoms with Crippen molar-refractivity contribution in [1.82, 2.24) is 14.9 Å². The summed E-state index contributed by atoms with van der Waals surface area (Å²) in [5, 5.41) is 3.51. The van der Waals surface area contributed by atoms with Crippen LogP contribution in [0.1, 0.15) is 38.1 Å². The molecule has 0 bridgehead atoms. The maximum Gasteiger partial charge on any atom is 0.0806 e. The third kappa shape index (κ3) is 4.52. The first-order valence-electron chi connectivity index (χ1n) is 8.59. The number of morpholine rings is 1. The zero-order valence-corrected chi connectivity index (χ0v) is 14.6. The maximum atomic E-state index is 5.81. The summed E-state index contributed by atoms with van der Waals surface area (Å²) in [5.41, 5.74) is 3.37. The molecule has 0 amide bonds. The van der Waals surface area contributed by atoms with Crippen molar-refractivity contribution in [1.29, 1.82) is 0 Å². The van der Waals surface area contributed by atoms with Crippen LogP contribution in [0, 0.1) is 0 Å². The Hall–Kier alpha value is -1.98. The molecule has 5 heteroatoms. The van der Waals surface area contributed by atoms with Crippen LogP contribution in [-0.4, -0.2) is 40.2 Å². The fraction of sp³-hybridized carbons (Fsp3) is 0.474. The van der Waals surface area contributed by atoms with E-state index >= 15 is 0 Å². The van der Waals surface area contributed by atoms with Crippen molar-refractivity contribution in [2.24, 2.45) is 0 Å². The standard InChI is InChI=1S/C19H26N4O/c1-14-11-23(12-15(2)24-14)13-17-5-4-6-18(9-17)22-16(3)19-10-20-7-8-21-19/h4-10,14-16,22H,11-13H2,1-3H3/t14-,15+,16-/m1/s1. The van der Waals surface area contributed by atoms with Crippen molar-refractivity contribution in [3.05, 3.63) is 54.1 Å². The van der Waals surface area contributed by atoms with Gasteiger partial charge in [-0.15, -0.1) is 0 Å². The molecule has 3 rings (SSSR count). The molecule has 2 heterocycles. The Morgan fingerprint density at radius 3 is 2.75 bits per heavy atom. The Labute approximate surface area is 144 Å². The first kappa shape index (κ1) is 16.9. The highest BCUT2D eigenvalue weighted by Gasteiger charge is 2.22. The van der Waals surface area contributed by atoms with Gasteiger partial charge in [-0.05, 0) is 38.5 Å². The minimum atomic E-state index is 0.123. The molecule has 1 aromatic carbocycles. The number of benzene rings is 1. The summed E-state index contributed by atoms with van der Waals surface area (Å²) in [7, 11) is 0. The van der Waals surface area contributed by atoms with Gasteiger partial charge < -0.3 is 10.1 Å². The lowest BCUT2D eigenvalue weighted by Crippen LogP contribution is -2.44. The number of hydrogen-bond donors (Lipinski definition) is 1. The molecule has 1 N–H and O–H groups in total. The van der Waals surface area contributed by atoms with E-state index in [4.69, 9.17) is 4.74 Å². The van der Waals surface area contributed by atoms with Crippen LogP contribution in [0.3, 0.4) is 0 Å². The van der Waals surface area contributed by atoms with Gasteiger partial charge in [0.25, 0.3) is 0 Å². The Bertz CT molecular complexity index is 639. The number of hydrogen-bond acceptors (Lipinski definition) is 5. The predicted octanol–water partition coefficient (Wildman–Crippen LogP) is 3.26. The second kappa shape index (κ2) is 7.73. The first-order valence-corrected chi connectivity index (χ1v) is 8.59. The maximum absolute atomic E-state index is 5.81. The van der Waals surface area contributed by atoms with Crippen molar-refractivity contribution in [2.45, 2.75) is 45.6 Å². The molecule has 0 radical (unpaired) electrons. The lowest BCUT2D eigenvalue weighted by Gasteiger charge is -2.35. The molecule has 0 unspecified atom stereocenters. The number of aromatic nitrogens is 2. The quantitative estimate of drug-likeness (QED) is 0.914. The van der Waals surface area contributed by atoms with Gasteiger partial charge in [0.15, 0.2) is 0 Å². The number of ether oxygens (including phenoxy) is 1. The fourth-order valence-electron chi connectivity index (χ4n) is 3.29. The molecule has 1 aliphatic rings. The molecule has 1 aromatic heterocycles. The summed E-state index contributed by atoms with van der Waals surface area (Å²) >= 11 is 0.